The first-order valence-corrected chi connectivity index (χ1v) is 7.85. The Kier molecular flexibility index (Phi) is 5.10. The Labute approximate surface area is 146 Å². The van der Waals surface area contributed by atoms with E-state index >= 15 is 0 Å². The van der Waals surface area contributed by atoms with Gasteiger partial charge in [-0.05, 0) is 52.8 Å². The van der Waals surface area contributed by atoms with Crippen molar-refractivity contribution in [2.24, 2.45) is 0 Å². The monoisotopic (exact) mass is 345 g/mol. The van der Waals surface area contributed by atoms with Gasteiger partial charge in [-0.2, -0.15) is 5.10 Å². The van der Waals surface area contributed by atoms with Crippen molar-refractivity contribution in [3.63, 3.8) is 0 Å². The molecular formula is C17H23N5O3. The minimum Gasteiger partial charge on any atom is -0.444 e. The van der Waals surface area contributed by atoms with Crippen LogP contribution in [0, 0.1) is 0 Å². The molecule has 0 aliphatic rings. The standard InChI is InChI=1S/C17H23N5O3/c1-16(2,3)25-15(24)21-17(4,5)14(23)20-12-7-8-13(18-11-12)22-10-6-9-19-22/h6-11H,1-5H3,(H,20,23)(H,21,24). The fourth-order valence-electron chi connectivity index (χ4n) is 1.90. The number of pyridine rings is 1. The number of alkyl carbamates (subject to hydrolysis) is 1. The number of hydrogen-bond donors (Lipinski definition) is 2. The molecule has 0 saturated carbocycles. The number of rotatable bonds is 4. The topological polar surface area (TPSA) is 98.1 Å². The number of nitrogens with one attached hydrogen (secondary N) is 2. The lowest BCUT2D eigenvalue weighted by atomic mass is 10.0. The fraction of sp³-hybridized carbons (Fsp3) is 0.412. The van der Waals surface area contributed by atoms with Gasteiger partial charge in [0.05, 0.1) is 11.9 Å². The van der Waals surface area contributed by atoms with E-state index in [1.54, 1.807) is 69.9 Å². The molecule has 25 heavy (non-hydrogen) atoms. The highest BCUT2D eigenvalue weighted by atomic mass is 16.6. The van der Waals surface area contributed by atoms with Crippen LogP contribution in [0.3, 0.4) is 0 Å². The first-order chi connectivity index (χ1) is 11.6. The zero-order valence-electron chi connectivity index (χ0n) is 15.0. The smallest absolute Gasteiger partial charge is 0.408 e. The molecule has 2 aromatic rings. The molecule has 0 saturated heterocycles. The zero-order chi connectivity index (χ0) is 18.7. The second-order valence-corrected chi connectivity index (χ2v) is 7.06. The molecular weight excluding hydrogens is 322 g/mol. The predicted octanol–water partition coefficient (Wildman–Crippen LogP) is 2.51. The van der Waals surface area contributed by atoms with E-state index in [1.165, 1.54) is 6.20 Å². The van der Waals surface area contributed by atoms with Crippen LogP contribution >= 0.6 is 0 Å². The highest BCUT2D eigenvalue weighted by Crippen LogP contribution is 2.14. The van der Waals surface area contributed by atoms with Crippen molar-refractivity contribution in [1.82, 2.24) is 20.1 Å². The molecule has 8 heteroatoms. The number of amides is 2. The van der Waals surface area contributed by atoms with Gasteiger partial charge in [-0.15, -0.1) is 0 Å². The van der Waals surface area contributed by atoms with E-state index in [0.717, 1.165) is 0 Å². The third-order valence-electron chi connectivity index (χ3n) is 3.13. The summed E-state index contributed by atoms with van der Waals surface area (Å²) in [6, 6.07) is 5.24. The summed E-state index contributed by atoms with van der Waals surface area (Å²) < 4.78 is 6.79. The Morgan fingerprint density at radius 2 is 1.88 bits per heavy atom. The van der Waals surface area contributed by atoms with Crippen LogP contribution in [0.25, 0.3) is 5.82 Å². The van der Waals surface area contributed by atoms with Crippen LogP contribution in [-0.4, -0.2) is 37.9 Å². The molecule has 2 N–H and O–H groups in total. The molecule has 0 aromatic carbocycles. The highest BCUT2D eigenvalue weighted by Gasteiger charge is 2.31. The van der Waals surface area contributed by atoms with Crippen LogP contribution in [-0.2, 0) is 9.53 Å². The number of carbonyl (C=O) groups excluding carboxylic acids is 2. The lowest BCUT2D eigenvalue weighted by Crippen LogP contribution is -2.53. The van der Waals surface area contributed by atoms with Gasteiger partial charge < -0.3 is 15.4 Å². The van der Waals surface area contributed by atoms with E-state index in [-0.39, 0.29) is 5.91 Å². The summed E-state index contributed by atoms with van der Waals surface area (Å²) in [5.41, 5.74) is -1.27. The summed E-state index contributed by atoms with van der Waals surface area (Å²) in [6.45, 7) is 8.46. The van der Waals surface area contributed by atoms with E-state index in [9.17, 15) is 9.59 Å². The molecule has 8 nitrogen and oxygen atoms in total. The predicted molar refractivity (Wildman–Crippen MR) is 93.4 cm³/mol. The van der Waals surface area contributed by atoms with Crippen LogP contribution in [0.1, 0.15) is 34.6 Å². The van der Waals surface area contributed by atoms with Crippen LogP contribution < -0.4 is 10.6 Å². The Balaban J connectivity index is 1.99. The maximum absolute atomic E-state index is 12.4. The Bertz CT molecular complexity index is 731. The van der Waals surface area contributed by atoms with Gasteiger partial charge in [0, 0.05) is 12.4 Å². The molecule has 0 radical (unpaired) electrons. The minimum absolute atomic E-state index is 0.382. The number of ether oxygens (including phenoxy) is 1. The van der Waals surface area contributed by atoms with Crippen LogP contribution in [0.5, 0.6) is 0 Å². The van der Waals surface area contributed by atoms with E-state index in [1.807, 2.05) is 0 Å². The molecule has 2 rings (SSSR count). The second kappa shape index (κ2) is 6.92. The molecule has 2 amide bonds. The summed E-state index contributed by atoms with van der Waals surface area (Å²) in [5.74, 6) is 0.251. The van der Waals surface area contributed by atoms with Crippen molar-refractivity contribution in [1.29, 1.82) is 0 Å². The van der Waals surface area contributed by atoms with Crippen LogP contribution in [0.15, 0.2) is 36.8 Å². The van der Waals surface area contributed by atoms with E-state index in [0.29, 0.717) is 11.5 Å². The summed E-state index contributed by atoms with van der Waals surface area (Å²) in [7, 11) is 0. The average Bonchev–Trinajstić information content (AvgIpc) is 2.99. The SMILES string of the molecule is CC(C)(C)OC(=O)NC(C)(C)C(=O)Nc1ccc(-n2cccn2)nc1. The van der Waals surface area contributed by atoms with Gasteiger partial charge in [-0.25, -0.2) is 14.5 Å². The molecule has 134 valence electrons. The molecule has 2 heterocycles. The summed E-state index contributed by atoms with van der Waals surface area (Å²) in [5, 5.41) is 9.36. The lowest BCUT2D eigenvalue weighted by Gasteiger charge is -2.27. The molecule has 0 atom stereocenters. The lowest BCUT2D eigenvalue weighted by molar-refractivity contribution is -0.121. The normalized spacial score (nSPS) is 11.7. The van der Waals surface area contributed by atoms with E-state index < -0.39 is 17.2 Å². The van der Waals surface area contributed by atoms with Crippen molar-refractivity contribution in [3.05, 3.63) is 36.8 Å². The molecule has 2 aromatic heterocycles. The van der Waals surface area contributed by atoms with Gasteiger partial charge in [0.1, 0.15) is 11.1 Å². The Morgan fingerprint density at radius 1 is 1.16 bits per heavy atom. The fourth-order valence-corrected chi connectivity index (χ4v) is 1.90. The number of nitrogens with zero attached hydrogens (tertiary/aromatic N) is 3. The molecule has 0 spiro atoms. The summed E-state index contributed by atoms with van der Waals surface area (Å²) in [6.07, 6.45) is 4.30. The largest absolute Gasteiger partial charge is 0.444 e. The van der Waals surface area contributed by atoms with Crippen LogP contribution in [0.2, 0.25) is 0 Å². The third-order valence-corrected chi connectivity index (χ3v) is 3.13. The quantitative estimate of drug-likeness (QED) is 0.887. The Morgan fingerprint density at radius 3 is 2.40 bits per heavy atom. The van der Waals surface area contributed by atoms with Gasteiger partial charge in [0.2, 0.25) is 5.91 Å². The van der Waals surface area contributed by atoms with Gasteiger partial charge in [0.25, 0.3) is 0 Å². The van der Waals surface area contributed by atoms with E-state index in [4.69, 9.17) is 4.74 Å². The average molecular weight is 345 g/mol. The third kappa shape index (κ3) is 5.30. The van der Waals surface area contributed by atoms with Crippen molar-refractivity contribution < 1.29 is 14.3 Å². The summed E-state index contributed by atoms with van der Waals surface area (Å²) in [4.78, 5) is 28.5. The second-order valence-electron chi connectivity index (χ2n) is 7.06. The number of anilines is 1. The van der Waals surface area contributed by atoms with Crippen molar-refractivity contribution in [3.8, 4) is 5.82 Å². The molecule has 0 fully saturated rings. The van der Waals surface area contributed by atoms with Gasteiger partial charge in [-0.1, -0.05) is 0 Å². The number of hydrogen-bond acceptors (Lipinski definition) is 5. The molecule has 0 aliphatic heterocycles. The summed E-state index contributed by atoms with van der Waals surface area (Å²) >= 11 is 0. The molecule has 0 aliphatic carbocycles. The molecule has 0 unspecified atom stereocenters. The van der Waals surface area contributed by atoms with Gasteiger partial charge >= 0.3 is 6.09 Å². The number of aromatic nitrogens is 3. The zero-order valence-corrected chi connectivity index (χ0v) is 15.0. The first kappa shape index (κ1) is 18.4. The molecule has 0 bridgehead atoms. The maximum atomic E-state index is 12.4. The maximum Gasteiger partial charge on any atom is 0.408 e. The minimum atomic E-state index is -1.15. The van der Waals surface area contributed by atoms with E-state index in [2.05, 4.69) is 20.7 Å². The van der Waals surface area contributed by atoms with Gasteiger partial charge in [-0.3, -0.25) is 4.79 Å². The van der Waals surface area contributed by atoms with Crippen LogP contribution in [0.4, 0.5) is 10.5 Å². The Hall–Kier alpha value is -2.90. The highest BCUT2D eigenvalue weighted by molar-refractivity contribution is 5.99. The van der Waals surface area contributed by atoms with Crippen molar-refractivity contribution >= 4 is 17.7 Å². The van der Waals surface area contributed by atoms with Crippen molar-refractivity contribution in [2.75, 3.05) is 5.32 Å². The van der Waals surface area contributed by atoms with Crippen molar-refractivity contribution in [2.45, 2.75) is 45.8 Å². The first-order valence-electron chi connectivity index (χ1n) is 7.85. The van der Waals surface area contributed by atoms with Gasteiger partial charge in [0.15, 0.2) is 5.82 Å². The number of carbonyl (C=O) groups is 2.